The summed E-state index contributed by atoms with van der Waals surface area (Å²) < 4.78 is 11.5. The van der Waals surface area contributed by atoms with Gasteiger partial charge in [-0.25, -0.2) is 0 Å². The van der Waals surface area contributed by atoms with Crippen LogP contribution in [0.25, 0.3) is 0 Å². The van der Waals surface area contributed by atoms with Crippen LogP contribution in [0.2, 0.25) is 0 Å². The first kappa shape index (κ1) is 12.2. The van der Waals surface area contributed by atoms with E-state index in [2.05, 4.69) is 26.8 Å². The Kier molecular flexibility index (Phi) is 3.57. The van der Waals surface area contributed by atoms with Gasteiger partial charge in [0.25, 0.3) is 0 Å². The second-order valence-electron chi connectivity index (χ2n) is 4.74. The minimum absolute atomic E-state index is 0.412. The lowest BCUT2D eigenvalue weighted by atomic mass is 9.92. The van der Waals surface area contributed by atoms with Gasteiger partial charge in [0.1, 0.15) is 13.2 Å². The van der Waals surface area contributed by atoms with Gasteiger partial charge < -0.3 is 15.2 Å². The molecule has 3 heteroatoms. The van der Waals surface area contributed by atoms with Crippen LogP contribution in [0, 0.1) is 13.8 Å². The van der Waals surface area contributed by atoms with Crippen LogP contribution in [-0.4, -0.2) is 19.8 Å². The zero-order chi connectivity index (χ0) is 12.4. The summed E-state index contributed by atoms with van der Waals surface area (Å²) in [7, 11) is 0. The Labute approximate surface area is 103 Å². The Hall–Kier alpha value is -1.22. The van der Waals surface area contributed by atoms with E-state index in [0.29, 0.717) is 25.7 Å². The standard InChI is InChI=1S/C14H21NO2/c1-9(4-5-15)12-8-10(2)11(3)13-14(12)17-7-6-16-13/h8-9H,4-7,15H2,1-3H3. The molecule has 1 aromatic carbocycles. The molecular formula is C14H21NO2. The highest BCUT2D eigenvalue weighted by atomic mass is 16.6. The fourth-order valence-corrected chi connectivity index (χ4v) is 2.27. The summed E-state index contributed by atoms with van der Waals surface area (Å²) in [6, 6.07) is 2.21. The summed E-state index contributed by atoms with van der Waals surface area (Å²) in [6.07, 6.45) is 0.971. The Morgan fingerprint density at radius 2 is 1.88 bits per heavy atom. The third-order valence-electron chi connectivity index (χ3n) is 3.48. The third-order valence-corrected chi connectivity index (χ3v) is 3.48. The van der Waals surface area contributed by atoms with Crippen molar-refractivity contribution in [2.24, 2.45) is 5.73 Å². The minimum atomic E-state index is 0.412. The van der Waals surface area contributed by atoms with Crippen molar-refractivity contribution in [1.82, 2.24) is 0 Å². The second-order valence-corrected chi connectivity index (χ2v) is 4.74. The van der Waals surface area contributed by atoms with Crippen molar-refractivity contribution in [2.75, 3.05) is 19.8 Å². The van der Waals surface area contributed by atoms with Gasteiger partial charge in [-0.05, 0) is 43.9 Å². The molecule has 0 amide bonds. The minimum Gasteiger partial charge on any atom is -0.486 e. The molecule has 1 unspecified atom stereocenters. The number of aryl methyl sites for hydroxylation is 1. The molecule has 1 atom stereocenters. The Bertz CT molecular complexity index is 415. The molecule has 0 fully saturated rings. The Morgan fingerprint density at radius 1 is 1.24 bits per heavy atom. The van der Waals surface area contributed by atoms with Crippen molar-refractivity contribution in [1.29, 1.82) is 0 Å². The third kappa shape index (κ3) is 2.25. The second kappa shape index (κ2) is 4.96. The van der Waals surface area contributed by atoms with Crippen molar-refractivity contribution < 1.29 is 9.47 Å². The fourth-order valence-electron chi connectivity index (χ4n) is 2.27. The highest BCUT2D eigenvalue weighted by molar-refractivity contribution is 5.56. The molecule has 0 spiro atoms. The van der Waals surface area contributed by atoms with E-state index < -0.39 is 0 Å². The van der Waals surface area contributed by atoms with E-state index in [1.165, 1.54) is 16.7 Å². The van der Waals surface area contributed by atoms with Crippen molar-refractivity contribution >= 4 is 0 Å². The van der Waals surface area contributed by atoms with E-state index in [1.54, 1.807) is 0 Å². The van der Waals surface area contributed by atoms with Gasteiger partial charge in [0, 0.05) is 5.56 Å². The van der Waals surface area contributed by atoms with Crippen molar-refractivity contribution in [3.63, 3.8) is 0 Å². The summed E-state index contributed by atoms with van der Waals surface area (Å²) in [6.45, 7) is 8.37. The first-order valence-corrected chi connectivity index (χ1v) is 6.25. The zero-order valence-electron chi connectivity index (χ0n) is 10.9. The maximum atomic E-state index is 5.79. The topological polar surface area (TPSA) is 44.5 Å². The largest absolute Gasteiger partial charge is 0.486 e. The van der Waals surface area contributed by atoms with Gasteiger partial charge >= 0.3 is 0 Å². The lowest BCUT2D eigenvalue weighted by Gasteiger charge is -2.26. The summed E-state index contributed by atoms with van der Waals surface area (Å²) in [5.41, 5.74) is 9.31. The molecule has 3 nitrogen and oxygen atoms in total. The SMILES string of the molecule is Cc1cc(C(C)CCN)c2c(c1C)OCCO2. The predicted molar refractivity (Wildman–Crippen MR) is 69.0 cm³/mol. The summed E-state index contributed by atoms with van der Waals surface area (Å²) in [5, 5.41) is 0. The van der Waals surface area contributed by atoms with Gasteiger partial charge in [0.2, 0.25) is 0 Å². The van der Waals surface area contributed by atoms with Crippen LogP contribution >= 0.6 is 0 Å². The number of nitrogens with two attached hydrogens (primary N) is 1. The molecule has 1 aromatic rings. The first-order valence-electron chi connectivity index (χ1n) is 6.25. The highest BCUT2D eigenvalue weighted by Crippen LogP contribution is 2.42. The lowest BCUT2D eigenvalue weighted by molar-refractivity contribution is 0.168. The zero-order valence-corrected chi connectivity index (χ0v) is 10.9. The molecule has 0 saturated carbocycles. The van der Waals surface area contributed by atoms with Crippen LogP contribution in [0.1, 0.15) is 36.0 Å². The maximum Gasteiger partial charge on any atom is 0.165 e. The molecule has 0 aromatic heterocycles. The summed E-state index contributed by atoms with van der Waals surface area (Å²) in [5.74, 6) is 2.27. The molecule has 0 aliphatic carbocycles. The van der Waals surface area contributed by atoms with E-state index >= 15 is 0 Å². The molecule has 0 bridgehead atoms. The number of benzene rings is 1. The molecule has 1 aliphatic heterocycles. The maximum absolute atomic E-state index is 5.79. The number of fused-ring (bicyclic) bond motifs is 1. The quantitative estimate of drug-likeness (QED) is 0.875. The summed E-state index contributed by atoms with van der Waals surface area (Å²) in [4.78, 5) is 0. The highest BCUT2D eigenvalue weighted by Gasteiger charge is 2.22. The van der Waals surface area contributed by atoms with Gasteiger partial charge in [0.05, 0.1) is 0 Å². The monoisotopic (exact) mass is 235 g/mol. The van der Waals surface area contributed by atoms with Crippen molar-refractivity contribution in [2.45, 2.75) is 33.1 Å². The summed E-state index contributed by atoms with van der Waals surface area (Å²) >= 11 is 0. The smallest absolute Gasteiger partial charge is 0.165 e. The molecule has 0 saturated heterocycles. The van der Waals surface area contributed by atoms with Gasteiger partial charge in [-0.3, -0.25) is 0 Å². The van der Waals surface area contributed by atoms with E-state index in [9.17, 15) is 0 Å². The van der Waals surface area contributed by atoms with E-state index in [-0.39, 0.29) is 0 Å². The van der Waals surface area contributed by atoms with E-state index in [4.69, 9.17) is 15.2 Å². The van der Waals surface area contributed by atoms with Gasteiger partial charge in [-0.2, -0.15) is 0 Å². The molecule has 0 radical (unpaired) electrons. The predicted octanol–water partition coefficient (Wildman–Crippen LogP) is 2.53. The van der Waals surface area contributed by atoms with E-state index in [1.807, 2.05) is 0 Å². The molecule has 94 valence electrons. The molecule has 17 heavy (non-hydrogen) atoms. The van der Waals surface area contributed by atoms with Crippen LogP contribution in [-0.2, 0) is 0 Å². The lowest BCUT2D eigenvalue weighted by Crippen LogP contribution is -2.19. The molecule has 2 rings (SSSR count). The van der Waals surface area contributed by atoms with Crippen LogP contribution < -0.4 is 15.2 Å². The molecule has 1 heterocycles. The fraction of sp³-hybridized carbons (Fsp3) is 0.571. The molecular weight excluding hydrogens is 214 g/mol. The Morgan fingerprint density at radius 3 is 2.53 bits per heavy atom. The van der Waals surface area contributed by atoms with Crippen LogP contribution in [0.3, 0.4) is 0 Å². The van der Waals surface area contributed by atoms with Gasteiger partial charge in [0.15, 0.2) is 11.5 Å². The number of hydrogen-bond donors (Lipinski definition) is 1. The average Bonchev–Trinajstić information content (AvgIpc) is 2.34. The average molecular weight is 235 g/mol. The number of hydrogen-bond acceptors (Lipinski definition) is 3. The molecule has 2 N–H and O–H groups in total. The van der Waals surface area contributed by atoms with E-state index in [0.717, 1.165) is 17.9 Å². The van der Waals surface area contributed by atoms with Crippen molar-refractivity contribution in [3.8, 4) is 11.5 Å². The van der Waals surface area contributed by atoms with Gasteiger partial charge in [-0.15, -0.1) is 0 Å². The first-order chi connectivity index (χ1) is 8.15. The normalized spacial score (nSPS) is 15.8. The number of rotatable bonds is 3. The van der Waals surface area contributed by atoms with Crippen LogP contribution in [0.4, 0.5) is 0 Å². The van der Waals surface area contributed by atoms with Crippen molar-refractivity contribution in [3.05, 3.63) is 22.8 Å². The number of ether oxygens (including phenoxy) is 2. The van der Waals surface area contributed by atoms with Crippen LogP contribution in [0.5, 0.6) is 11.5 Å². The van der Waals surface area contributed by atoms with Crippen LogP contribution in [0.15, 0.2) is 6.07 Å². The van der Waals surface area contributed by atoms with Gasteiger partial charge in [-0.1, -0.05) is 13.0 Å². The molecule has 1 aliphatic rings. The Balaban J connectivity index is 2.48.